The van der Waals surface area contributed by atoms with Crippen LogP contribution in [0.1, 0.15) is 74.4 Å². The van der Waals surface area contributed by atoms with Crippen molar-refractivity contribution >= 4 is 39.2 Å². The highest BCUT2D eigenvalue weighted by atomic mass is 35.5. The number of anilines is 1. The van der Waals surface area contributed by atoms with Crippen LogP contribution in [0.4, 0.5) is 5.69 Å². The van der Waals surface area contributed by atoms with Crippen LogP contribution < -0.4 is 14.4 Å². The molecule has 254 valence electrons. The maximum absolute atomic E-state index is 13.5. The first-order valence-electron chi connectivity index (χ1n) is 16.8. The van der Waals surface area contributed by atoms with E-state index in [1.807, 2.05) is 25.1 Å². The third-order valence-electron chi connectivity index (χ3n) is 10.7. The number of carbonyl (C=O) groups is 2. The third-order valence-corrected chi connectivity index (χ3v) is 12.9. The lowest BCUT2D eigenvalue weighted by atomic mass is 9.68. The maximum atomic E-state index is 13.5. The lowest BCUT2D eigenvalue weighted by molar-refractivity contribution is -0.151. The number of hydrogen-bond acceptors (Lipinski definition) is 8. The molecule has 6 atom stereocenters. The summed E-state index contributed by atoms with van der Waals surface area (Å²) in [5.41, 5.74) is 3.21. The van der Waals surface area contributed by atoms with Gasteiger partial charge in [-0.15, -0.1) is 0 Å². The number of fused-ring (bicyclic) bond motifs is 4. The zero-order valence-electron chi connectivity index (χ0n) is 27.4. The van der Waals surface area contributed by atoms with Gasteiger partial charge in [0.25, 0.3) is 5.91 Å². The van der Waals surface area contributed by atoms with Crippen molar-refractivity contribution in [1.82, 2.24) is 4.72 Å². The summed E-state index contributed by atoms with van der Waals surface area (Å²) in [5, 5.41) is -0.100. The van der Waals surface area contributed by atoms with E-state index in [-0.39, 0.29) is 48.0 Å². The van der Waals surface area contributed by atoms with Gasteiger partial charge in [0.2, 0.25) is 10.0 Å². The van der Waals surface area contributed by atoms with Crippen molar-refractivity contribution < 1.29 is 32.2 Å². The molecule has 1 fully saturated rings. The molecule has 1 spiro atoms. The van der Waals surface area contributed by atoms with Gasteiger partial charge in [-0.1, -0.05) is 36.7 Å². The van der Waals surface area contributed by atoms with E-state index in [0.717, 1.165) is 42.8 Å². The summed E-state index contributed by atoms with van der Waals surface area (Å²) in [6.45, 7) is 7.21. The van der Waals surface area contributed by atoms with Crippen LogP contribution in [0.15, 0.2) is 48.6 Å². The monoisotopic (exact) mass is 684 g/mol. The molecular formula is C36H45ClN2O7S. The second-order valence-electron chi connectivity index (χ2n) is 13.7. The summed E-state index contributed by atoms with van der Waals surface area (Å²) in [6, 6.07) is 11.3. The van der Waals surface area contributed by atoms with E-state index in [0.29, 0.717) is 31.9 Å². The lowest BCUT2D eigenvalue weighted by Gasteiger charge is -2.46. The van der Waals surface area contributed by atoms with Crippen molar-refractivity contribution in [3.05, 3.63) is 70.3 Å². The van der Waals surface area contributed by atoms with Crippen LogP contribution in [0.2, 0.25) is 5.02 Å². The third kappa shape index (κ3) is 7.06. The lowest BCUT2D eigenvalue weighted by Crippen LogP contribution is -2.50. The molecule has 2 aliphatic heterocycles. The molecule has 1 saturated carbocycles. The molecule has 47 heavy (non-hydrogen) atoms. The number of rotatable bonds is 4. The van der Waals surface area contributed by atoms with Crippen LogP contribution in [0, 0.1) is 17.8 Å². The minimum atomic E-state index is -3.97. The molecule has 2 bridgehead atoms. The Morgan fingerprint density at radius 1 is 1.17 bits per heavy atom. The summed E-state index contributed by atoms with van der Waals surface area (Å²) in [5.74, 6) is -0.260. The fourth-order valence-electron chi connectivity index (χ4n) is 7.69. The van der Waals surface area contributed by atoms with E-state index < -0.39 is 27.1 Å². The largest absolute Gasteiger partial charge is 0.490 e. The minimum Gasteiger partial charge on any atom is -0.490 e. The molecule has 1 amide bonds. The van der Waals surface area contributed by atoms with Gasteiger partial charge in [0, 0.05) is 29.1 Å². The quantitative estimate of drug-likeness (QED) is 0.316. The van der Waals surface area contributed by atoms with Gasteiger partial charge in [-0.25, -0.2) is 17.9 Å². The first-order valence-corrected chi connectivity index (χ1v) is 18.7. The number of amides is 1. The molecule has 6 rings (SSSR count). The first kappa shape index (κ1) is 33.8. The maximum Gasteiger partial charge on any atom is 0.332 e. The fourth-order valence-corrected chi connectivity index (χ4v) is 9.17. The van der Waals surface area contributed by atoms with Gasteiger partial charge in [0.15, 0.2) is 0 Å². The molecule has 4 aliphatic rings. The molecule has 2 aromatic carbocycles. The van der Waals surface area contributed by atoms with Crippen molar-refractivity contribution in [3.8, 4) is 5.75 Å². The predicted octanol–water partition coefficient (Wildman–Crippen LogP) is 5.83. The van der Waals surface area contributed by atoms with Crippen LogP contribution in [0.25, 0.3) is 0 Å². The highest BCUT2D eigenvalue weighted by Crippen LogP contribution is 2.47. The molecule has 2 aromatic rings. The Kier molecular flexibility index (Phi) is 9.93. The highest BCUT2D eigenvalue weighted by molar-refractivity contribution is 7.90. The van der Waals surface area contributed by atoms with Gasteiger partial charge < -0.3 is 19.1 Å². The Labute approximate surface area is 283 Å². The number of benzene rings is 2. The topological polar surface area (TPSA) is 111 Å². The second kappa shape index (κ2) is 13.8. The van der Waals surface area contributed by atoms with E-state index >= 15 is 0 Å². The van der Waals surface area contributed by atoms with Gasteiger partial charge in [0.1, 0.15) is 12.4 Å². The van der Waals surface area contributed by atoms with Crippen LogP contribution >= 0.6 is 11.6 Å². The predicted molar refractivity (Wildman–Crippen MR) is 182 cm³/mol. The van der Waals surface area contributed by atoms with E-state index in [1.165, 1.54) is 11.1 Å². The van der Waals surface area contributed by atoms with Gasteiger partial charge in [-0.05, 0) is 112 Å². The molecular weight excluding hydrogens is 640 g/mol. The number of ether oxygens (including phenoxy) is 3. The number of sulfonamides is 1. The number of carbonyl (C=O) groups excluding carboxylic acids is 2. The number of aryl methyl sites for hydroxylation is 1. The number of esters is 1. The summed E-state index contributed by atoms with van der Waals surface area (Å²) in [4.78, 5) is 28.1. The fraction of sp³-hybridized carbons (Fsp3) is 0.556. The molecule has 9 nitrogen and oxygen atoms in total. The number of nitrogens with zero attached hydrogens (tertiary/aromatic N) is 1. The SMILES string of the molecule is CCOC(=O)CO[C@H]1/C=C\C[C@H](C)[C@@H](C)S(=O)(=O)NC(=O)c2ccc3c(c2)N(C[C@@H]2CC[C@H]21)C[C@@]1(CCCc2cc(Cl)ccc21)CO3. The van der Waals surface area contributed by atoms with Crippen LogP contribution in [-0.2, 0) is 36.1 Å². The number of allylic oxidation sites excluding steroid dienone is 1. The summed E-state index contributed by atoms with van der Waals surface area (Å²) >= 11 is 6.42. The van der Waals surface area contributed by atoms with E-state index in [1.54, 1.807) is 32.0 Å². The van der Waals surface area contributed by atoms with Gasteiger partial charge in [0.05, 0.1) is 30.3 Å². The van der Waals surface area contributed by atoms with Crippen molar-refractivity contribution in [2.75, 3.05) is 37.8 Å². The van der Waals surface area contributed by atoms with Crippen LogP contribution in [0.3, 0.4) is 0 Å². The van der Waals surface area contributed by atoms with Crippen molar-refractivity contribution in [3.63, 3.8) is 0 Å². The Balaban J connectivity index is 1.40. The zero-order chi connectivity index (χ0) is 33.3. The number of nitrogens with one attached hydrogen (secondary N) is 1. The van der Waals surface area contributed by atoms with Crippen LogP contribution in [0.5, 0.6) is 5.75 Å². The molecule has 0 unspecified atom stereocenters. The van der Waals surface area contributed by atoms with Gasteiger partial charge >= 0.3 is 5.97 Å². The minimum absolute atomic E-state index is 0.148. The normalized spacial score (nSPS) is 30.9. The highest BCUT2D eigenvalue weighted by Gasteiger charge is 2.44. The molecule has 2 aliphatic carbocycles. The van der Waals surface area contributed by atoms with E-state index in [2.05, 4.69) is 21.8 Å². The number of halogens is 1. The zero-order valence-corrected chi connectivity index (χ0v) is 28.9. The van der Waals surface area contributed by atoms with Crippen molar-refractivity contribution in [2.45, 2.75) is 76.1 Å². The first-order chi connectivity index (χ1) is 22.5. The Bertz CT molecular complexity index is 1650. The molecule has 2 heterocycles. The molecule has 0 saturated heterocycles. The molecule has 0 aromatic heterocycles. The Morgan fingerprint density at radius 3 is 2.77 bits per heavy atom. The Morgan fingerprint density at radius 2 is 2.00 bits per heavy atom. The van der Waals surface area contributed by atoms with E-state index in [9.17, 15) is 18.0 Å². The standard InChI is InChI=1S/C36H45ClN2O7S/c1-4-44-34(40)20-45-32-9-5-7-23(2)24(3)47(42,43)38-35(41)26-11-15-33-31(18-26)39(19-27-10-13-29(27)32)21-36(22-46-33)16-6-8-25-17-28(37)12-14-30(25)36/h5,9,11-12,14-15,17-18,23-24,27,29,32H,4,6-8,10,13,16,19-22H2,1-3H3,(H,38,41)/b9-5-/t23-,24+,27-,29+,32-,36-/m0/s1. The number of hydrogen-bond donors (Lipinski definition) is 1. The average molecular weight is 685 g/mol. The summed E-state index contributed by atoms with van der Waals surface area (Å²) in [6.07, 6.45) is 8.92. The average Bonchev–Trinajstić information content (AvgIpc) is 3.17. The smallest absolute Gasteiger partial charge is 0.332 e. The molecule has 11 heteroatoms. The second-order valence-corrected chi connectivity index (χ2v) is 16.2. The van der Waals surface area contributed by atoms with Crippen LogP contribution in [-0.4, -0.2) is 64.6 Å². The van der Waals surface area contributed by atoms with Gasteiger partial charge in [-0.3, -0.25) is 4.79 Å². The van der Waals surface area contributed by atoms with Crippen molar-refractivity contribution in [1.29, 1.82) is 0 Å². The van der Waals surface area contributed by atoms with E-state index in [4.69, 9.17) is 25.8 Å². The Hall–Kier alpha value is -3.08. The van der Waals surface area contributed by atoms with Gasteiger partial charge in [-0.2, -0.15) is 0 Å². The molecule has 0 radical (unpaired) electrons. The summed E-state index contributed by atoms with van der Waals surface area (Å²) in [7, 11) is -3.97. The van der Waals surface area contributed by atoms with Crippen molar-refractivity contribution in [2.24, 2.45) is 17.8 Å². The molecule has 1 N–H and O–H groups in total. The summed E-state index contributed by atoms with van der Waals surface area (Å²) < 4.78 is 46.9.